The van der Waals surface area contributed by atoms with Crippen LogP contribution in [0.15, 0.2) is 16.6 Å². The van der Waals surface area contributed by atoms with Gasteiger partial charge in [0.15, 0.2) is 0 Å². The first kappa shape index (κ1) is 13.2. The molecule has 0 bridgehead atoms. The summed E-state index contributed by atoms with van der Waals surface area (Å²) in [4.78, 5) is 0. The lowest BCUT2D eigenvalue weighted by Crippen LogP contribution is -2.30. The number of halogens is 3. The molecule has 0 radical (unpaired) electrons. The first-order chi connectivity index (χ1) is 8.08. The van der Waals surface area contributed by atoms with E-state index >= 15 is 0 Å². The fourth-order valence-corrected chi connectivity index (χ4v) is 3.32. The lowest BCUT2D eigenvalue weighted by atomic mass is 9.86. The number of hydrogen-bond acceptors (Lipinski definition) is 1. The van der Waals surface area contributed by atoms with Gasteiger partial charge in [-0.15, -0.1) is 0 Å². The minimum Gasteiger partial charge on any atom is -0.380 e. The van der Waals surface area contributed by atoms with Crippen molar-refractivity contribution in [3.8, 4) is 0 Å². The number of benzene rings is 1. The van der Waals surface area contributed by atoms with Crippen molar-refractivity contribution in [1.82, 2.24) is 0 Å². The van der Waals surface area contributed by atoms with Crippen LogP contribution in [0.3, 0.4) is 0 Å². The van der Waals surface area contributed by atoms with Crippen LogP contribution < -0.4 is 5.32 Å². The lowest BCUT2D eigenvalue weighted by Gasteiger charge is -2.31. The van der Waals surface area contributed by atoms with E-state index in [9.17, 15) is 4.39 Å². The highest BCUT2D eigenvalue weighted by Gasteiger charge is 2.22. The zero-order valence-corrected chi connectivity index (χ0v) is 12.1. The standard InChI is InChI=1S/C13H16BrClFN/c1-8-4-2-3-5-12(8)17-13-10(14)6-9(16)7-11(13)15/h6-8,12,17H,2-5H2,1H3. The Balaban J connectivity index is 2.17. The van der Waals surface area contributed by atoms with E-state index < -0.39 is 0 Å². The van der Waals surface area contributed by atoms with Gasteiger partial charge in [-0.1, -0.05) is 31.4 Å². The fourth-order valence-electron chi connectivity index (χ4n) is 2.40. The maximum atomic E-state index is 13.1. The molecule has 1 aliphatic rings. The summed E-state index contributed by atoms with van der Waals surface area (Å²) in [5, 5.41) is 3.89. The summed E-state index contributed by atoms with van der Waals surface area (Å²) in [5.74, 6) is 0.320. The van der Waals surface area contributed by atoms with Gasteiger partial charge < -0.3 is 5.32 Å². The topological polar surface area (TPSA) is 12.0 Å². The zero-order chi connectivity index (χ0) is 12.4. The van der Waals surface area contributed by atoms with Crippen LogP contribution in [-0.4, -0.2) is 6.04 Å². The highest BCUT2D eigenvalue weighted by Crippen LogP contribution is 2.35. The molecule has 1 nitrogen and oxygen atoms in total. The molecule has 94 valence electrons. The van der Waals surface area contributed by atoms with Crippen molar-refractivity contribution in [1.29, 1.82) is 0 Å². The number of hydrogen-bond donors (Lipinski definition) is 1. The van der Waals surface area contributed by atoms with E-state index in [1.807, 2.05) is 0 Å². The van der Waals surface area contributed by atoms with Gasteiger partial charge in [-0.3, -0.25) is 0 Å². The maximum Gasteiger partial charge on any atom is 0.125 e. The minimum atomic E-state index is -0.316. The van der Waals surface area contributed by atoms with Crippen LogP contribution in [0.4, 0.5) is 10.1 Å². The summed E-state index contributed by atoms with van der Waals surface area (Å²) in [6, 6.07) is 3.23. The molecule has 1 fully saturated rings. The number of anilines is 1. The second-order valence-corrected chi connectivity index (χ2v) is 6.02. The Hall–Kier alpha value is -0.280. The summed E-state index contributed by atoms with van der Waals surface area (Å²) in [7, 11) is 0. The highest BCUT2D eigenvalue weighted by molar-refractivity contribution is 9.10. The van der Waals surface area contributed by atoms with Crippen molar-refractivity contribution < 1.29 is 4.39 Å². The van der Waals surface area contributed by atoms with E-state index in [2.05, 4.69) is 28.2 Å². The van der Waals surface area contributed by atoms with Gasteiger partial charge in [0.1, 0.15) is 5.82 Å². The maximum absolute atomic E-state index is 13.1. The Morgan fingerprint density at radius 3 is 2.71 bits per heavy atom. The summed E-state index contributed by atoms with van der Waals surface area (Å²) in [6.45, 7) is 2.25. The number of rotatable bonds is 2. The van der Waals surface area contributed by atoms with Gasteiger partial charge in [0.2, 0.25) is 0 Å². The molecule has 2 atom stereocenters. The van der Waals surface area contributed by atoms with Crippen molar-refractivity contribution in [3.63, 3.8) is 0 Å². The third-order valence-electron chi connectivity index (χ3n) is 3.45. The van der Waals surface area contributed by atoms with Crippen molar-refractivity contribution in [3.05, 3.63) is 27.4 Å². The third-order valence-corrected chi connectivity index (χ3v) is 4.37. The van der Waals surface area contributed by atoms with Gasteiger partial charge in [-0.2, -0.15) is 0 Å². The summed E-state index contributed by atoms with van der Waals surface area (Å²) < 4.78 is 13.8. The van der Waals surface area contributed by atoms with Crippen LogP contribution in [0.25, 0.3) is 0 Å². The Morgan fingerprint density at radius 1 is 1.35 bits per heavy atom. The van der Waals surface area contributed by atoms with E-state index in [-0.39, 0.29) is 5.82 Å². The average Bonchev–Trinajstić information content (AvgIpc) is 2.25. The summed E-state index contributed by atoms with van der Waals surface area (Å²) in [5.41, 5.74) is 0.812. The Kier molecular flexibility index (Phi) is 4.31. The summed E-state index contributed by atoms with van der Waals surface area (Å²) in [6.07, 6.45) is 4.95. The van der Waals surface area contributed by atoms with Gasteiger partial charge in [-0.25, -0.2) is 4.39 Å². The number of nitrogens with one attached hydrogen (secondary N) is 1. The molecule has 0 amide bonds. The summed E-state index contributed by atoms with van der Waals surface area (Å²) >= 11 is 9.43. The molecule has 17 heavy (non-hydrogen) atoms. The van der Waals surface area contributed by atoms with E-state index in [4.69, 9.17) is 11.6 Å². The molecule has 0 heterocycles. The zero-order valence-electron chi connectivity index (χ0n) is 9.77. The Morgan fingerprint density at radius 2 is 2.06 bits per heavy atom. The second-order valence-electron chi connectivity index (χ2n) is 4.76. The smallest absolute Gasteiger partial charge is 0.125 e. The molecule has 4 heteroatoms. The molecular formula is C13H16BrClFN. The molecule has 1 saturated carbocycles. The molecule has 0 aromatic heterocycles. The SMILES string of the molecule is CC1CCCCC1Nc1c(Cl)cc(F)cc1Br. The van der Waals surface area contributed by atoms with Gasteiger partial charge >= 0.3 is 0 Å². The molecule has 1 aromatic carbocycles. The van der Waals surface area contributed by atoms with E-state index in [0.717, 1.165) is 12.1 Å². The van der Waals surface area contributed by atoms with E-state index in [0.29, 0.717) is 21.5 Å². The van der Waals surface area contributed by atoms with E-state index in [1.165, 1.54) is 31.4 Å². The first-order valence-electron chi connectivity index (χ1n) is 5.99. The van der Waals surface area contributed by atoms with Gasteiger partial charge in [-0.05, 0) is 46.8 Å². The Bertz CT molecular complexity index is 387. The van der Waals surface area contributed by atoms with Crippen LogP contribution in [0.5, 0.6) is 0 Å². The molecule has 0 spiro atoms. The monoisotopic (exact) mass is 319 g/mol. The van der Waals surface area contributed by atoms with Crippen molar-refractivity contribution >= 4 is 33.2 Å². The molecule has 1 aliphatic carbocycles. The van der Waals surface area contributed by atoms with Gasteiger partial charge in [0.05, 0.1) is 10.7 Å². The second kappa shape index (κ2) is 5.57. The predicted molar refractivity (Wildman–Crippen MR) is 74.2 cm³/mol. The molecule has 0 saturated heterocycles. The van der Waals surface area contributed by atoms with Crippen LogP contribution in [0.2, 0.25) is 5.02 Å². The first-order valence-corrected chi connectivity index (χ1v) is 7.16. The van der Waals surface area contributed by atoms with Crippen molar-refractivity contribution in [2.45, 2.75) is 38.6 Å². The van der Waals surface area contributed by atoms with Crippen LogP contribution in [0.1, 0.15) is 32.6 Å². The normalized spacial score (nSPS) is 24.7. The predicted octanol–water partition coefficient (Wildman–Crippen LogP) is 5.23. The largest absolute Gasteiger partial charge is 0.380 e. The van der Waals surface area contributed by atoms with Crippen molar-refractivity contribution in [2.24, 2.45) is 5.92 Å². The molecular weight excluding hydrogens is 305 g/mol. The fraction of sp³-hybridized carbons (Fsp3) is 0.538. The van der Waals surface area contributed by atoms with Crippen LogP contribution in [0, 0.1) is 11.7 Å². The van der Waals surface area contributed by atoms with Crippen molar-refractivity contribution in [2.75, 3.05) is 5.32 Å². The highest BCUT2D eigenvalue weighted by atomic mass is 79.9. The minimum absolute atomic E-state index is 0.316. The van der Waals surface area contributed by atoms with E-state index in [1.54, 1.807) is 0 Å². The Labute approximate surface area is 115 Å². The third kappa shape index (κ3) is 3.14. The van der Waals surface area contributed by atoms with Gasteiger partial charge in [0.25, 0.3) is 0 Å². The molecule has 0 aliphatic heterocycles. The molecule has 2 unspecified atom stereocenters. The van der Waals surface area contributed by atoms with Crippen LogP contribution >= 0.6 is 27.5 Å². The lowest BCUT2D eigenvalue weighted by molar-refractivity contribution is 0.349. The van der Waals surface area contributed by atoms with Gasteiger partial charge in [0, 0.05) is 10.5 Å². The molecule has 1 N–H and O–H groups in total. The van der Waals surface area contributed by atoms with Crippen LogP contribution in [-0.2, 0) is 0 Å². The molecule has 1 aromatic rings. The quantitative estimate of drug-likeness (QED) is 0.786. The molecule has 2 rings (SSSR count). The average molecular weight is 321 g/mol.